The molecule has 0 spiro atoms. The van der Waals surface area contributed by atoms with Crippen LogP contribution in [0.15, 0.2) is 17.6 Å². The molecule has 0 atom stereocenters. The maximum atomic E-state index is 12.5. The van der Waals surface area contributed by atoms with Crippen LogP contribution in [0, 0.1) is 0 Å². The highest BCUT2D eigenvalue weighted by Gasteiger charge is 2.38. The fourth-order valence-electron chi connectivity index (χ4n) is 1.87. The Labute approximate surface area is 108 Å². The number of sulfonamides is 1. The average Bonchev–Trinajstić information content (AvgIpc) is 3.05. The highest BCUT2D eigenvalue weighted by Crippen LogP contribution is 2.31. The van der Waals surface area contributed by atoms with Gasteiger partial charge >= 0.3 is 0 Å². The second-order valence-electron chi connectivity index (χ2n) is 4.53. The number of imidazole rings is 1. The Morgan fingerprint density at radius 2 is 2.28 bits per heavy atom. The number of nitrogens with two attached hydrogens (primary N) is 1. The van der Waals surface area contributed by atoms with Crippen LogP contribution in [0.1, 0.15) is 26.2 Å². The molecule has 1 aliphatic carbocycles. The van der Waals surface area contributed by atoms with E-state index in [1.807, 2.05) is 6.92 Å². The van der Waals surface area contributed by atoms with Gasteiger partial charge in [0.05, 0.1) is 6.33 Å². The monoisotopic (exact) mass is 272 g/mol. The third kappa shape index (κ3) is 2.73. The fraction of sp³-hybridized carbons (Fsp3) is 0.727. The van der Waals surface area contributed by atoms with Crippen LogP contribution in [0.4, 0.5) is 0 Å². The normalized spacial score (nSPS) is 16.4. The molecule has 0 radical (unpaired) electrons. The number of aryl methyl sites for hydroxylation is 1. The molecule has 102 valence electrons. The average molecular weight is 272 g/mol. The van der Waals surface area contributed by atoms with Crippen LogP contribution in [0.3, 0.4) is 0 Å². The Morgan fingerprint density at radius 1 is 1.56 bits per heavy atom. The van der Waals surface area contributed by atoms with E-state index in [1.165, 1.54) is 0 Å². The number of hydrogen-bond donors (Lipinski definition) is 1. The van der Waals surface area contributed by atoms with Crippen molar-refractivity contribution in [2.75, 3.05) is 13.1 Å². The summed E-state index contributed by atoms with van der Waals surface area (Å²) in [5, 5.41) is 0.147. The molecule has 0 amide bonds. The van der Waals surface area contributed by atoms with Crippen molar-refractivity contribution in [2.45, 2.75) is 43.8 Å². The van der Waals surface area contributed by atoms with Crippen molar-refractivity contribution < 1.29 is 8.42 Å². The Bertz CT molecular complexity index is 493. The predicted molar refractivity (Wildman–Crippen MR) is 68.5 cm³/mol. The molecule has 2 N–H and O–H groups in total. The topological polar surface area (TPSA) is 81.2 Å². The lowest BCUT2D eigenvalue weighted by Crippen LogP contribution is -2.35. The molecule has 7 heteroatoms. The minimum Gasteiger partial charge on any atom is -0.336 e. The third-order valence-corrected chi connectivity index (χ3v) is 4.92. The number of aromatic nitrogens is 2. The van der Waals surface area contributed by atoms with Crippen LogP contribution in [-0.2, 0) is 16.6 Å². The van der Waals surface area contributed by atoms with Gasteiger partial charge in [-0.3, -0.25) is 0 Å². The molecule has 0 aliphatic heterocycles. The van der Waals surface area contributed by atoms with E-state index >= 15 is 0 Å². The van der Waals surface area contributed by atoms with Gasteiger partial charge in [-0.15, -0.1) is 0 Å². The first kappa shape index (κ1) is 13.5. The van der Waals surface area contributed by atoms with E-state index in [-0.39, 0.29) is 11.1 Å². The lowest BCUT2D eigenvalue weighted by Gasteiger charge is -2.20. The molecule has 6 nitrogen and oxygen atoms in total. The van der Waals surface area contributed by atoms with Gasteiger partial charge < -0.3 is 10.3 Å². The Morgan fingerprint density at radius 3 is 2.78 bits per heavy atom. The van der Waals surface area contributed by atoms with Crippen molar-refractivity contribution in [3.05, 3.63) is 12.5 Å². The van der Waals surface area contributed by atoms with Gasteiger partial charge in [0.1, 0.15) is 0 Å². The minimum absolute atomic E-state index is 0.147. The van der Waals surface area contributed by atoms with Crippen LogP contribution in [-0.4, -0.2) is 41.4 Å². The summed E-state index contributed by atoms with van der Waals surface area (Å²) < 4.78 is 28.2. The maximum Gasteiger partial charge on any atom is 0.262 e. The highest BCUT2D eigenvalue weighted by atomic mass is 32.2. The molecule has 2 rings (SSSR count). The molecule has 0 aromatic carbocycles. The quantitative estimate of drug-likeness (QED) is 0.779. The van der Waals surface area contributed by atoms with Crippen molar-refractivity contribution in [3.63, 3.8) is 0 Å². The Kier molecular flexibility index (Phi) is 4.04. The van der Waals surface area contributed by atoms with Crippen LogP contribution < -0.4 is 5.73 Å². The summed E-state index contributed by atoms with van der Waals surface area (Å²) in [6.07, 6.45) is 5.72. The second kappa shape index (κ2) is 5.38. The lowest BCUT2D eigenvalue weighted by molar-refractivity contribution is 0.398. The minimum atomic E-state index is -3.45. The number of hydrogen-bond acceptors (Lipinski definition) is 4. The molecular formula is C11H20N4O2S. The van der Waals surface area contributed by atoms with Crippen molar-refractivity contribution in [3.8, 4) is 0 Å². The van der Waals surface area contributed by atoms with Crippen LogP contribution in [0.2, 0.25) is 0 Å². The summed E-state index contributed by atoms with van der Waals surface area (Å²) in [4.78, 5) is 4.00. The number of nitrogens with zero attached hydrogens (tertiary/aromatic N) is 3. The fourth-order valence-corrected chi connectivity index (χ4v) is 3.54. The zero-order valence-electron chi connectivity index (χ0n) is 10.6. The van der Waals surface area contributed by atoms with Gasteiger partial charge in [0.25, 0.3) is 10.0 Å². The van der Waals surface area contributed by atoms with Crippen LogP contribution >= 0.6 is 0 Å². The van der Waals surface area contributed by atoms with E-state index in [0.717, 1.165) is 19.4 Å². The van der Waals surface area contributed by atoms with Crippen molar-refractivity contribution in [1.29, 1.82) is 0 Å². The van der Waals surface area contributed by atoms with Gasteiger partial charge in [-0.25, -0.2) is 13.4 Å². The molecule has 0 saturated heterocycles. The van der Waals surface area contributed by atoms with Gasteiger partial charge in [0, 0.05) is 25.3 Å². The SMILES string of the molecule is CCn1cnc(S(=O)(=O)N(CCCN)C2CC2)c1. The van der Waals surface area contributed by atoms with E-state index in [1.54, 1.807) is 21.4 Å². The molecule has 1 aromatic heterocycles. The summed E-state index contributed by atoms with van der Waals surface area (Å²) in [5.41, 5.74) is 5.46. The van der Waals surface area contributed by atoms with Crippen molar-refractivity contribution in [2.24, 2.45) is 5.73 Å². The van der Waals surface area contributed by atoms with E-state index in [9.17, 15) is 8.42 Å². The molecule has 0 unspecified atom stereocenters. The van der Waals surface area contributed by atoms with Crippen LogP contribution in [0.25, 0.3) is 0 Å². The van der Waals surface area contributed by atoms with Gasteiger partial charge in [0.2, 0.25) is 0 Å². The molecule has 1 aliphatic rings. The molecular weight excluding hydrogens is 252 g/mol. The van der Waals surface area contributed by atoms with E-state index in [0.29, 0.717) is 19.5 Å². The summed E-state index contributed by atoms with van der Waals surface area (Å²) >= 11 is 0. The summed E-state index contributed by atoms with van der Waals surface area (Å²) in [5.74, 6) is 0. The van der Waals surface area contributed by atoms with Crippen molar-refractivity contribution in [1.82, 2.24) is 13.9 Å². The molecule has 18 heavy (non-hydrogen) atoms. The predicted octanol–water partition coefficient (Wildman–Crippen LogP) is 0.405. The van der Waals surface area contributed by atoms with Gasteiger partial charge in [0.15, 0.2) is 5.03 Å². The second-order valence-corrected chi connectivity index (χ2v) is 6.37. The molecule has 1 aromatic rings. The Hall–Kier alpha value is -0.920. The smallest absolute Gasteiger partial charge is 0.262 e. The zero-order valence-corrected chi connectivity index (χ0v) is 11.4. The Balaban J connectivity index is 2.21. The first-order valence-electron chi connectivity index (χ1n) is 6.33. The highest BCUT2D eigenvalue weighted by molar-refractivity contribution is 7.89. The first-order chi connectivity index (χ1) is 8.59. The van der Waals surface area contributed by atoms with Crippen molar-refractivity contribution >= 4 is 10.0 Å². The third-order valence-electron chi connectivity index (χ3n) is 3.08. The van der Waals surface area contributed by atoms with E-state index in [4.69, 9.17) is 5.73 Å². The molecule has 1 heterocycles. The molecule has 0 bridgehead atoms. The standard InChI is InChI=1S/C11H20N4O2S/c1-2-14-8-11(13-9-14)18(16,17)15(7-3-6-12)10-4-5-10/h8-10H,2-7,12H2,1H3. The lowest BCUT2D eigenvalue weighted by atomic mass is 10.4. The van der Waals surface area contributed by atoms with Gasteiger partial charge in [-0.2, -0.15) is 4.31 Å². The first-order valence-corrected chi connectivity index (χ1v) is 7.77. The van der Waals surface area contributed by atoms with Crippen LogP contribution in [0.5, 0.6) is 0 Å². The zero-order chi connectivity index (χ0) is 13.2. The maximum absolute atomic E-state index is 12.5. The van der Waals surface area contributed by atoms with Gasteiger partial charge in [-0.05, 0) is 32.7 Å². The van der Waals surface area contributed by atoms with E-state index in [2.05, 4.69) is 4.98 Å². The summed E-state index contributed by atoms with van der Waals surface area (Å²) in [7, 11) is -3.45. The van der Waals surface area contributed by atoms with E-state index < -0.39 is 10.0 Å². The molecule has 1 saturated carbocycles. The summed E-state index contributed by atoms with van der Waals surface area (Å²) in [6.45, 7) is 3.66. The van der Waals surface area contributed by atoms with Gasteiger partial charge in [-0.1, -0.05) is 0 Å². The summed E-state index contributed by atoms with van der Waals surface area (Å²) in [6, 6.07) is 0.147. The largest absolute Gasteiger partial charge is 0.336 e. The number of rotatable bonds is 7. The molecule has 1 fully saturated rings.